The van der Waals surface area contributed by atoms with E-state index in [1.165, 1.54) is 4.90 Å². The molecule has 108 valence electrons. The molecule has 0 aromatic carbocycles. The third-order valence-electron chi connectivity index (χ3n) is 4.78. The average molecular weight is 283 g/mol. The van der Waals surface area contributed by atoms with Crippen LogP contribution in [0.5, 0.6) is 0 Å². The van der Waals surface area contributed by atoms with E-state index in [4.69, 9.17) is 0 Å². The van der Waals surface area contributed by atoms with Crippen molar-refractivity contribution in [2.24, 2.45) is 5.41 Å². The van der Waals surface area contributed by atoms with E-state index in [9.17, 15) is 9.59 Å². The number of fused-ring (bicyclic) bond motifs is 1. The predicted octanol–water partition coefficient (Wildman–Crippen LogP) is 2.15. The van der Waals surface area contributed by atoms with Crippen LogP contribution >= 0.6 is 0 Å². The molecule has 1 aliphatic carbocycles. The second-order valence-corrected chi connectivity index (χ2v) is 6.15. The second kappa shape index (κ2) is 4.41. The first-order chi connectivity index (χ1) is 10.2. The quantitative estimate of drug-likeness (QED) is 0.794. The standard InChI is InChI=1S/C16H17N3O2/c20-14-9-16(6-2-3-7-16)15(21)19(14)11-12-10-18-8-4-1-5-13(18)17-12/h1,4-5,8,10H,2-3,6-7,9,11H2. The molecule has 2 amide bonds. The number of carbonyl (C=O) groups excluding carboxylic acids is 2. The molecule has 1 spiro atoms. The van der Waals surface area contributed by atoms with Gasteiger partial charge in [0.1, 0.15) is 5.65 Å². The Balaban J connectivity index is 1.61. The van der Waals surface area contributed by atoms with Gasteiger partial charge < -0.3 is 4.40 Å². The summed E-state index contributed by atoms with van der Waals surface area (Å²) in [5.74, 6) is -0.0268. The Morgan fingerprint density at radius 2 is 2.00 bits per heavy atom. The normalized spacial score (nSPS) is 21.0. The van der Waals surface area contributed by atoms with Crippen molar-refractivity contribution in [3.8, 4) is 0 Å². The highest BCUT2D eigenvalue weighted by Crippen LogP contribution is 2.47. The highest BCUT2D eigenvalue weighted by atomic mass is 16.2. The number of likely N-dealkylation sites (tertiary alicyclic amines) is 1. The van der Waals surface area contributed by atoms with Crippen molar-refractivity contribution in [3.63, 3.8) is 0 Å². The SMILES string of the molecule is O=C1CC2(CCCC2)C(=O)N1Cc1cn2ccccc2n1. The minimum absolute atomic E-state index is 0.0158. The Morgan fingerprint density at radius 1 is 1.19 bits per heavy atom. The van der Waals surface area contributed by atoms with E-state index in [-0.39, 0.29) is 11.8 Å². The van der Waals surface area contributed by atoms with Crippen LogP contribution in [0.2, 0.25) is 0 Å². The summed E-state index contributed by atoms with van der Waals surface area (Å²) < 4.78 is 1.91. The number of imide groups is 1. The zero-order valence-electron chi connectivity index (χ0n) is 11.8. The van der Waals surface area contributed by atoms with E-state index in [1.807, 2.05) is 35.0 Å². The lowest BCUT2D eigenvalue weighted by atomic mass is 9.84. The zero-order chi connectivity index (χ0) is 14.4. The Morgan fingerprint density at radius 3 is 2.76 bits per heavy atom. The van der Waals surface area contributed by atoms with Crippen molar-refractivity contribution in [1.29, 1.82) is 0 Å². The number of rotatable bonds is 2. The maximum Gasteiger partial charge on any atom is 0.236 e. The van der Waals surface area contributed by atoms with Gasteiger partial charge in [-0.05, 0) is 25.0 Å². The average Bonchev–Trinajstić information content (AvgIpc) is 3.14. The van der Waals surface area contributed by atoms with Crippen LogP contribution in [-0.2, 0) is 16.1 Å². The van der Waals surface area contributed by atoms with Gasteiger partial charge in [0.15, 0.2) is 0 Å². The molecule has 5 nitrogen and oxygen atoms in total. The van der Waals surface area contributed by atoms with Crippen molar-refractivity contribution in [2.45, 2.75) is 38.6 Å². The smallest absolute Gasteiger partial charge is 0.236 e. The van der Waals surface area contributed by atoms with Crippen LogP contribution in [0.25, 0.3) is 5.65 Å². The summed E-state index contributed by atoms with van der Waals surface area (Å²) in [6, 6.07) is 5.76. The van der Waals surface area contributed by atoms with E-state index >= 15 is 0 Å². The van der Waals surface area contributed by atoms with Crippen LogP contribution < -0.4 is 0 Å². The number of hydrogen-bond acceptors (Lipinski definition) is 3. The molecular formula is C16H17N3O2. The molecule has 2 aliphatic rings. The lowest BCUT2D eigenvalue weighted by Gasteiger charge is -2.20. The zero-order valence-corrected chi connectivity index (χ0v) is 11.8. The molecule has 4 rings (SSSR count). The number of nitrogens with zero attached hydrogens (tertiary/aromatic N) is 3. The van der Waals surface area contributed by atoms with Crippen molar-refractivity contribution < 1.29 is 9.59 Å². The first-order valence-electron chi connectivity index (χ1n) is 7.45. The van der Waals surface area contributed by atoms with Gasteiger partial charge >= 0.3 is 0 Å². The number of amides is 2. The van der Waals surface area contributed by atoms with Gasteiger partial charge in [-0.2, -0.15) is 0 Å². The lowest BCUT2D eigenvalue weighted by Crippen LogP contribution is -2.34. The van der Waals surface area contributed by atoms with Crippen LogP contribution in [0.15, 0.2) is 30.6 Å². The highest BCUT2D eigenvalue weighted by molar-refractivity contribution is 6.05. The van der Waals surface area contributed by atoms with Gasteiger partial charge in [-0.15, -0.1) is 0 Å². The summed E-state index contributed by atoms with van der Waals surface area (Å²) in [5.41, 5.74) is 1.20. The summed E-state index contributed by atoms with van der Waals surface area (Å²) in [6.45, 7) is 0.293. The summed E-state index contributed by atoms with van der Waals surface area (Å²) in [4.78, 5) is 30.8. The second-order valence-electron chi connectivity index (χ2n) is 6.15. The minimum atomic E-state index is -0.393. The summed E-state index contributed by atoms with van der Waals surface area (Å²) in [5, 5.41) is 0. The molecule has 1 aliphatic heterocycles. The van der Waals surface area contributed by atoms with Crippen molar-refractivity contribution in [2.75, 3.05) is 0 Å². The largest absolute Gasteiger partial charge is 0.307 e. The van der Waals surface area contributed by atoms with Crippen LogP contribution in [0, 0.1) is 5.41 Å². The minimum Gasteiger partial charge on any atom is -0.307 e. The fraction of sp³-hybridized carbons (Fsp3) is 0.438. The fourth-order valence-electron chi connectivity index (χ4n) is 3.69. The van der Waals surface area contributed by atoms with Gasteiger partial charge in [0.05, 0.1) is 17.7 Å². The van der Waals surface area contributed by atoms with Gasteiger partial charge in [0.2, 0.25) is 11.8 Å². The van der Waals surface area contributed by atoms with Crippen molar-refractivity contribution in [3.05, 3.63) is 36.3 Å². The topological polar surface area (TPSA) is 54.7 Å². The molecule has 0 bridgehead atoms. The maximum absolute atomic E-state index is 12.6. The Kier molecular flexibility index (Phi) is 2.64. The highest BCUT2D eigenvalue weighted by Gasteiger charge is 2.52. The van der Waals surface area contributed by atoms with Gasteiger partial charge in [-0.1, -0.05) is 18.9 Å². The van der Waals surface area contributed by atoms with Gasteiger partial charge in [-0.3, -0.25) is 14.5 Å². The molecule has 0 N–H and O–H groups in total. The predicted molar refractivity (Wildman–Crippen MR) is 76.3 cm³/mol. The molecule has 1 saturated carbocycles. The van der Waals surface area contributed by atoms with Gasteiger partial charge in [0.25, 0.3) is 0 Å². The molecular weight excluding hydrogens is 266 g/mol. The van der Waals surface area contributed by atoms with Crippen molar-refractivity contribution >= 4 is 17.5 Å². The third-order valence-corrected chi connectivity index (χ3v) is 4.78. The molecule has 0 unspecified atom stereocenters. The molecule has 0 atom stereocenters. The summed E-state index contributed by atoms with van der Waals surface area (Å²) in [7, 11) is 0. The molecule has 2 aromatic rings. The summed E-state index contributed by atoms with van der Waals surface area (Å²) >= 11 is 0. The molecule has 0 radical (unpaired) electrons. The molecule has 1 saturated heterocycles. The first kappa shape index (κ1) is 12.6. The van der Waals surface area contributed by atoms with E-state index < -0.39 is 5.41 Å². The van der Waals surface area contributed by atoms with Crippen LogP contribution in [0.3, 0.4) is 0 Å². The van der Waals surface area contributed by atoms with E-state index in [2.05, 4.69) is 4.98 Å². The number of carbonyl (C=O) groups is 2. The van der Waals surface area contributed by atoms with Crippen LogP contribution in [0.4, 0.5) is 0 Å². The molecule has 5 heteroatoms. The maximum atomic E-state index is 12.6. The van der Waals surface area contributed by atoms with E-state index in [0.717, 1.165) is 37.0 Å². The molecule has 3 heterocycles. The first-order valence-corrected chi connectivity index (χ1v) is 7.45. The number of hydrogen-bond donors (Lipinski definition) is 0. The molecule has 2 fully saturated rings. The van der Waals surface area contributed by atoms with E-state index in [0.29, 0.717) is 13.0 Å². The van der Waals surface area contributed by atoms with Gasteiger partial charge in [-0.25, -0.2) is 4.98 Å². The summed E-state index contributed by atoms with van der Waals surface area (Å²) in [6.07, 6.45) is 8.02. The number of pyridine rings is 1. The number of imidazole rings is 1. The monoisotopic (exact) mass is 283 g/mol. The Labute approximate surface area is 122 Å². The fourth-order valence-corrected chi connectivity index (χ4v) is 3.69. The molecule has 21 heavy (non-hydrogen) atoms. The Hall–Kier alpha value is -2.17. The van der Waals surface area contributed by atoms with E-state index in [1.54, 1.807) is 0 Å². The van der Waals surface area contributed by atoms with Crippen LogP contribution in [0.1, 0.15) is 37.8 Å². The number of aromatic nitrogens is 2. The van der Waals surface area contributed by atoms with Gasteiger partial charge in [0, 0.05) is 18.8 Å². The Bertz CT molecular complexity index is 695. The van der Waals surface area contributed by atoms with Crippen molar-refractivity contribution in [1.82, 2.24) is 14.3 Å². The lowest BCUT2D eigenvalue weighted by molar-refractivity contribution is -0.142. The van der Waals surface area contributed by atoms with Crippen LogP contribution in [-0.4, -0.2) is 26.1 Å². The third kappa shape index (κ3) is 1.87. The molecule has 2 aromatic heterocycles.